The first-order valence-electron chi connectivity index (χ1n) is 5.24. The van der Waals surface area contributed by atoms with Crippen LogP contribution in [0.15, 0.2) is 0 Å². The van der Waals surface area contributed by atoms with Gasteiger partial charge in [-0.15, -0.1) is 0 Å². The second-order valence-corrected chi connectivity index (χ2v) is 4.02. The van der Waals surface area contributed by atoms with Crippen molar-refractivity contribution >= 4 is 11.6 Å². The lowest BCUT2D eigenvalue weighted by Crippen LogP contribution is -2.16. The number of hydrogen-bond donors (Lipinski definition) is 0. The molecular weight excluding hydrogens is 164 g/mol. The van der Waals surface area contributed by atoms with E-state index in [4.69, 9.17) is 0 Å². The van der Waals surface area contributed by atoms with Crippen LogP contribution in [0.4, 0.5) is 0 Å². The van der Waals surface area contributed by atoms with Gasteiger partial charge in [-0.2, -0.15) is 0 Å². The van der Waals surface area contributed by atoms with Crippen molar-refractivity contribution in [3.05, 3.63) is 0 Å². The van der Waals surface area contributed by atoms with Gasteiger partial charge in [-0.25, -0.2) is 0 Å². The first-order chi connectivity index (χ1) is 6.20. The molecule has 1 rings (SSSR count). The average Bonchev–Trinajstić information content (AvgIpc) is 2.09. The van der Waals surface area contributed by atoms with E-state index in [2.05, 4.69) is 0 Å². The molecule has 0 N–H and O–H groups in total. The molecule has 13 heavy (non-hydrogen) atoms. The molecule has 0 saturated heterocycles. The zero-order chi connectivity index (χ0) is 9.68. The van der Waals surface area contributed by atoms with Crippen molar-refractivity contribution in [3.8, 4) is 0 Å². The average molecular weight is 182 g/mol. The highest BCUT2D eigenvalue weighted by molar-refractivity contribution is 5.87. The minimum absolute atomic E-state index is 0.0365. The Morgan fingerprint density at radius 1 is 1.00 bits per heavy atom. The molecule has 1 aliphatic carbocycles. The standard InChI is InChI=1S/C11H18O2/c1-9-8-10(12)6-4-2-3-5-7-11(9)13/h9H,2-8H2,1H3. The maximum atomic E-state index is 11.4. The molecule has 0 bridgehead atoms. The highest BCUT2D eigenvalue weighted by Gasteiger charge is 2.17. The van der Waals surface area contributed by atoms with Crippen LogP contribution in [0.3, 0.4) is 0 Å². The third kappa shape index (κ3) is 3.71. The molecule has 0 aromatic heterocycles. The lowest BCUT2D eigenvalue weighted by atomic mass is 9.92. The van der Waals surface area contributed by atoms with Crippen LogP contribution < -0.4 is 0 Å². The Balaban J connectivity index is 2.47. The van der Waals surface area contributed by atoms with Gasteiger partial charge < -0.3 is 0 Å². The van der Waals surface area contributed by atoms with E-state index in [1.807, 2.05) is 6.92 Å². The van der Waals surface area contributed by atoms with Crippen LogP contribution in [0, 0.1) is 5.92 Å². The Kier molecular flexibility index (Phi) is 4.13. The first-order valence-corrected chi connectivity index (χ1v) is 5.24. The summed E-state index contributed by atoms with van der Waals surface area (Å²) in [6.45, 7) is 1.88. The van der Waals surface area contributed by atoms with Crippen LogP contribution in [0.2, 0.25) is 0 Å². The van der Waals surface area contributed by atoms with Gasteiger partial charge in [-0.3, -0.25) is 9.59 Å². The topological polar surface area (TPSA) is 34.1 Å². The summed E-state index contributed by atoms with van der Waals surface area (Å²) in [5.41, 5.74) is 0. The largest absolute Gasteiger partial charge is 0.300 e. The summed E-state index contributed by atoms with van der Waals surface area (Å²) in [5, 5.41) is 0. The quantitative estimate of drug-likeness (QED) is 0.577. The summed E-state index contributed by atoms with van der Waals surface area (Å²) < 4.78 is 0. The van der Waals surface area contributed by atoms with Crippen LogP contribution in [0.1, 0.15) is 51.9 Å². The van der Waals surface area contributed by atoms with Crippen molar-refractivity contribution < 1.29 is 9.59 Å². The fourth-order valence-electron chi connectivity index (χ4n) is 1.78. The van der Waals surface area contributed by atoms with E-state index in [0.29, 0.717) is 19.3 Å². The smallest absolute Gasteiger partial charge is 0.136 e. The highest BCUT2D eigenvalue weighted by atomic mass is 16.1. The van der Waals surface area contributed by atoms with Gasteiger partial charge in [-0.1, -0.05) is 19.8 Å². The third-order valence-electron chi connectivity index (χ3n) is 2.71. The molecule has 0 aliphatic heterocycles. The van der Waals surface area contributed by atoms with Crippen molar-refractivity contribution in [1.29, 1.82) is 0 Å². The van der Waals surface area contributed by atoms with Gasteiger partial charge in [0.05, 0.1) is 0 Å². The van der Waals surface area contributed by atoms with Gasteiger partial charge >= 0.3 is 0 Å². The predicted molar refractivity (Wildman–Crippen MR) is 51.5 cm³/mol. The summed E-state index contributed by atoms with van der Waals surface area (Å²) in [4.78, 5) is 22.7. The Bertz CT molecular complexity index is 196. The van der Waals surface area contributed by atoms with Crippen LogP contribution in [-0.4, -0.2) is 11.6 Å². The van der Waals surface area contributed by atoms with Crippen LogP contribution >= 0.6 is 0 Å². The Morgan fingerprint density at radius 2 is 1.62 bits per heavy atom. The maximum absolute atomic E-state index is 11.4. The van der Waals surface area contributed by atoms with Crippen molar-refractivity contribution in [2.75, 3.05) is 0 Å². The number of ketones is 2. The van der Waals surface area contributed by atoms with Crippen molar-refractivity contribution in [3.63, 3.8) is 0 Å². The van der Waals surface area contributed by atoms with Gasteiger partial charge in [0.2, 0.25) is 0 Å². The van der Waals surface area contributed by atoms with Crippen LogP contribution in [0.25, 0.3) is 0 Å². The van der Waals surface area contributed by atoms with E-state index in [-0.39, 0.29) is 17.5 Å². The minimum Gasteiger partial charge on any atom is -0.300 e. The lowest BCUT2D eigenvalue weighted by molar-refractivity contribution is -0.127. The molecule has 1 atom stereocenters. The van der Waals surface area contributed by atoms with E-state index < -0.39 is 0 Å². The van der Waals surface area contributed by atoms with Crippen LogP contribution in [0.5, 0.6) is 0 Å². The summed E-state index contributed by atoms with van der Waals surface area (Å²) in [6, 6.07) is 0. The molecule has 2 heteroatoms. The fraction of sp³-hybridized carbons (Fsp3) is 0.818. The molecule has 0 aromatic carbocycles. The molecule has 0 spiro atoms. The number of carbonyl (C=O) groups excluding carboxylic acids is 2. The zero-order valence-electron chi connectivity index (χ0n) is 8.34. The third-order valence-corrected chi connectivity index (χ3v) is 2.71. The van der Waals surface area contributed by atoms with Crippen LogP contribution in [-0.2, 0) is 9.59 Å². The number of Topliss-reactive ketones (excluding diaryl/α,β-unsaturated/α-hetero) is 2. The monoisotopic (exact) mass is 182 g/mol. The van der Waals surface area contributed by atoms with E-state index in [1.54, 1.807) is 0 Å². The SMILES string of the molecule is CC1CC(=O)CCCCCCC1=O. The molecule has 0 aromatic rings. The summed E-state index contributed by atoms with van der Waals surface area (Å²) in [7, 11) is 0. The van der Waals surface area contributed by atoms with Gasteiger partial charge in [0, 0.05) is 25.2 Å². The summed E-state index contributed by atoms with van der Waals surface area (Å²) in [5.74, 6) is 0.503. The molecule has 2 nitrogen and oxygen atoms in total. The first kappa shape index (κ1) is 10.4. The Labute approximate surface area is 79.7 Å². The molecule has 74 valence electrons. The molecule has 0 radical (unpaired) electrons. The normalized spacial score (nSPS) is 27.3. The fourth-order valence-corrected chi connectivity index (χ4v) is 1.78. The highest BCUT2D eigenvalue weighted by Crippen LogP contribution is 2.16. The molecule has 1 aliphatic rings. The van der Waals surface area contributed by atoms with Gasteiger partial charge in [0.25, 0.3) is 0 Å². The molecular formula is C11H18O2. The minimum atomic E-state index is -0.0365. The van der Waals surface area contributed by atoms with Gasteiger partial charge in [-0.05, 0) is 12.8 Å². The molecule has 1 fully saturated rings. The van der Waals surface area contributed by atoms with Crippen molar-refractivity contribution in [2.45, 2.75) is 51.9 Å². The number of carbonyl (C=O) groups is 2. The van der Waals surface area contributed by atoms with Crippen molar-refractivity contribution in [1.82, 2.24) is 0 Å². The second kappa shape index (κ2) is 5.15. The number of rotatable bonds is 0. The van der Waals surface area contributed by atoms with E-state index in [0.717, 1.165) is 25.7 Å². The zero-order valence-corrected chi connectivity index (χ0v) is 8.34. The molecule has 0 heterocycles. The van der Waals surface area contributed by atoms with E-state index >= 15 is 0 Å². The van der Waals surface area contributed by atoms with Gasteiger partial charge in [0.15, 0.2) is 0 Å². The number of hydrogen-bond acceptors (Lipinski definition) is 2. The lowest BCUT2D eigenvalue weighted by Gasteiger charge is -2.11. The molecule has 0 amide bonds. The van der Waals surface area contributed by atoms with E-state index in [1.165, 1.54) is 0 Å². The predicted octanol–water partition coefficient (Wildman–Crippen LogP) is 2.51. The summed E-state index contributed by atoms with van der Waals surface area (Å²) >= 11 is 0. The second-order valence-electron chi connectivity index (χ2n) is 4.02. The van der Waals surface area contributed by atoms with Gasteiger partial charge in [0.1, 0.15) is 11.6 Å². The Morgan fingerprint density at radius 3 is 2.31 bits per heavy atom. The Hall–Kier alpha value is -0.660. The summed E-state index contributed by atoms with van der Waals surface area (Å²) in [6.07, 6.45) is 6.06. The van der Waals surface area contributed by atoms with Crippen molar-refractivity contribution in [2.24, 2.45) is 5.92 Å². The molecule has 1 saturated carbocycles. The van der Waals surface area contributed by atoms with E-state index in [9.17, 15) is 9.59 Å². The molecule has 1 unspecified atom stereocenters. The maximum Gasteiger partial charge on any atom is 0.136 e.